The zero-order chi connectivity index (χ0) is 19.9. The summed E-state index contributed by atoms with van der Waals surface area (Å²) in [5.41, 5.74) is 7.08. The maximum Gasteiger partial charge on any atom is 0.319 e. The van der Waals surface area contributed by atoms with Crippen LogP contribution in [0.15, 0.2) is 41.3 Å². The number of hydrogen-bond acceptors (Lipinski definition) is 5. The van der Waals surface area contributed by atoms with Crippen LogP contribution in [-0.4, -0.2) is 31.0 Å². The highest BCUT2D eigenvalue weighted by molar-refractivity contribution is 8.00. The highest BCUT2D eigenvalue weighted by Crippen LogP contribution is 2.30. The molecule has 1 aliphatic heterocycles. The number of hydrogen-bond donors (Lipinski definition) is 3. The van der Waals surface area contributed by atoms with Gasteiger partial charge in [-0.2, -0.15) is 0 Å². The largest absolute Gasteiger partial charge is 0.467 e. The van der Waals surface area contributed by atoms with Crippen LogP contribution < -0.4 is 21.1 Å². The molecule has 7 nitrogen and oxygen atoms in total. The molecule has 28 heavy (non-hydrogen) atoms. The summed E-state index contributed by atoms with van der Waals surface area (Å²) in [4.78, 5) is 23.9. The van der Waals surface area contributed by atoms with Gasteiger partial charge in [0.15, 0.2) is 6.79 Å². The van der Waals surface area contributed by atoms with Gasteiger partial charge < -0.3 is 25.8 Å². The number of rotatable bonds is 7. The van der Waals surface area contributed by atoms with Crippen molar-refractivity contribution in [2.45, 2.75) is 17.9 Å². The van der Waals surface area contributed by atoms with Crippen molar-refractivity contribution in [3.63, 3.8) is 0 Å². The minimum Gasteiger partial charge on any atom is -0.467 e. The first-order valence-electron chi connectivity index (χ1n) is 8.60. The molecule has 0 saturated heterocycles. The third kappa shape index (κ3) is 5.37. The van der Waals surface area contributed by atoms with Gasteiger partial charge in [-0.1, -0.05) is 12.1 Å². The molecule has 0 aromatic heterocycles. The number of anilines is 1. The number of benzene rings is 2. The molecule has 9 heteroatoms. The van der Waals surface area contributed by atoms with E-state index in [1.165, 1.54) is 23.9 Å². The van der Waals surface area contributed by atoms with E-state index >= 15 is 0 Å². The van der Waals surface area contributed by atoms with Crippen molar-refractivity contribution < 1.29 is 23.5 Å². The SMILES string of the molecule is NC(=O)CSc1ccccc1NC(=O)NCCc1cc(F)cc2c1OCOC2. The first-order chi connectivity index (χ1) is 13.5. The van der Waals surface area contributed by atoms with E-state index < -0.39 is 11.9 Å². The molecule has 0 atom stereocenters. The Bertz CT molecular complexity index is 878. The molecular formula is C19H20FN3O4S. The van der Waals surface area contributed by atoms with Gasteiger partial charge in [0.2, 0.25) is 5.91 Å². The van der Waals surface area contributed by atoms with Crippen LogP contribution in [0.5, 0.6) is 5.75 Å². The number of nitrogens with one attached hydrogen (secondary N) is 2. The van der Waals surface area contributed by atoms with Crippen LogP contribution in [0.2, 0.25) is 0 Å². The normalized spacial score (nSPS) is 12.6. The molecule has 3 rings (SSSR count). The van der Waals surface area contributed by atoms with Crippen molar-refractivity contribution in [2.75, 3.05) is 24.4 Å². The summed E-state index contributed by atoms with van der Waals surface area (Å²) in [6, 6.07) is 9.51. The summed E-state index contributed by atoms with van der Waals surface area (Å²) in [7, 11) is 0. The van der Waals surface area contributed by atoms with Gasteiger partial charge in [-0.25, -0.2) is 9.18 Å². The Kier molecular flexibility index (Phi) is 6.72. The zero-order valence-electron chi connectivity index (χ0n) is 15.0. The van der Waals surface area contributed by atoms with Crippen LogP contribution in [-0.2, 0) is 22.6 Å². The van der Waals surface area contributed by atoms with Gasteiger partial charge in [-0.3, -0.25) is 4.79 Å². The molecule has 0 fully saturated rings. The quantitative estimate of drug-likeness (QED) is 0.615. The lowest BCUT2D eigenvalue weighted by molar-refractivity contribution is -0.115. The van der Waals surface area contributed by atoms with E-state index in [1.807, 2.05) is 6.07 Å². The smallest absolute Gasteiger partial charge is 0.319 e. The maximum atomic E-state index is 13.8. The van der Waals surface area contributed by atoms with E-state index in [4.69, 9.17) is 15.2 Å². The Morgan fingerprint density at radius 2 is 2.07 bits per heavy atom. The molecule has 4 N–H and O–H groups in total. The average Bonchev–Trinajstić information content (AvgIpc) is 2.67. The summed E-state index contributed by atoms with van der Waals surface area (Å²) in [6.45, 7) is 0.718. The minimum atomic E-state index is -0.435. The Hall–Kier alpha value is -2.78. The molecule has 0 aliphatic carbocycles. The number of nitrogens with two attached hydrogens (primary N) is 1. The van der Waals surface area contributed by atoms with E-state index in [0.29, 0.717) is 42.1 Å². The number of halogens is 1. The number of carbonyl (C=O) groups excluding carboxylic acids is 2. The van der Waals surface area contributed by atoms with Crippen LogP contribution >= 0.6 is 11.8 Å². The van der Waals surface area contributed by atoms with Crippen molar-refractivity contribution in [3.8, 4) is 5.75 Å². The molecule has 2 aromatic rings. The lowest BCUT2D eigenvalue weighted by Gasteiger charge is -2.21. The van der Waals surface area contributed by atoms with Crippen LogP contribution in [0.3, 0.4) is 0 Å². The molecule has 0 bridgehead atoms. The predicted molar refractivity (Wildman–Crippen MR) is 104 cm³/mol. The Morgan fingerprint density at radius 1 is 1.25 bits per heavy atom. The second-order valence-corrected chi connectivity index (χ2v) is 7.06. The number of fused-ring (bicyclic) bond motifs is 1. The fourth-order valence-corrected chi connectivity index (χ4v) is 3.51. The molecule has 0 radical (unpaired) electrons. The number of carbonyl (C=O) groups is 2. The fourth-order valence-electron chi connectivity index (χ4n) is 2.76. The van der Waals surface area contributed by atoms with Gasteiger partial charge in [0, 0.05) is 17.0 Å². The van der Waals surface area contributed by atoms with Crippen molar-refractivity contribution in [3.05, 3.63) is 53.3 Å². The van der Waals surface area contributed by atoms with Gasteiger partial charge in [-0.15, -0.1) is 11.8 Å². The average molecular weight is 405 g/mol. The number of thioether (sulfide) groups is 1. The summed E-state index contributed by atoms with van der Waals surface area (Å²) in [5, 5.41) is 5.48. The molecule has 0 unspecified atom stereocenters. The van der Waals surface area contributed by atoms with E-state index in [-0.39, 0.29) is 18.4 Å². The van der Waals surface area contributed by atoms with Gasteiger partial charge in [0.1, 0.15) is 11.6 Å². The molecule has 1 heterocycles. The number of amides is 3. The number of urea groups is 1. The maximum absolute atomic E-state index is 13.8. The molecule has 3 amide bonds. The third-order valence-electron chi connectivity index (χ3n) is 3.94. The summed E-state index contributed by atoms with van der Waals surface area (Å²) in [5.74, 6) is -0.0691. The van der Waals surface area contributed by atoms with Crippen LogP contribution in [0.25, 0.3) is 0 Å². The predicted octanol–water partition coefficient (Wildman–Crippen LogP) is 2.63. The summed E-state index contributed by atoms with van der Waals surface area (Å²) >= 11 is 1.25. The summed E-state index contributed by atoms with van der Waals surface area (Å²) in [6.07, 6.45) is 0.408. The highest BCUT2D eigenvalue weighted by Gasteiger charge is 2.17. The van der Waals surface area contributed by atoms with Crippen molar-refractivity contribution >= 4 is 29.4 Å². The first-order valence-corrected chi connectivity index (χ1v) is 9.58. The van der Waals surface area contributed by atoms with Crippen LogP contribution in [0, 0.1) is 5.82 Å². The topological polar surface area (TPSA) is 103 Å². The molecule has 148 valence electrons. The van der Waals surface area contributed by atoms with Crippen molar-refractivity contribution in [2.24, 2.45) is 5.73 Å². The summed E-state index contributed by atoms with van der Waals surface area (Å²) < 4.78 is 24.4. The Morgan fingerprint density at radius 3 is 2.89 bits per heavy atom. The van der Waals surface area contributed by atoms with Crippen LogP contribution in [0.1, 0.15) is 11.1 Å². The lowest BCUT2D eigenvalue weighted by atomic mass is 10.1. The van der Waals surface area contributed by atoms with Gasteiger partial charge in [0.25, 0.3) is 0 Å². The monoisotopic (exact) mass is 405 g/mol. The number of primary amides is 1. The van der Waals surface area contributed by atoms with Gasteiger partial charge in [-0.05, 0) is 36.2 Å². The highest BCUT2D eigenvalue weighted by atomic mass is 32.2. The Balaban J connectivity index is 1.56. The first kappa shape index (κ1) is 20.0. The standard InChI is InChI=1S/C19H20FN3O4S/c20-14-7-12(18-13(8-14)9-26-11-27-18)5-6-22-19(25)23-15-3-1-2-4-16(15)28-10-17(21)24/h1-4,7-8H,5-6,9-11H2,(H2,21,24)(H2,22,23,25). The van der Waals surface area contributed by atoms with Crippen molar-refractivity contribution in [1.29, 1.82) is 0 Å². The Labute approximate surface area is 165 Å². The number of para-hydroxylation sites is 1. The van der Waals surface area contributed by atoms with Crippen LogP contribution in [0.4, 0.5) is 14.9 Å². The zero-order valence-corrected chi connectivity index (χ0v) is 15.8. The van der Waals surface area contributed by atoms with Gasteiger partial charge >= 0.3 is 6.03 Å². The molecule has 2 aromatic carbocycles. The van der Waals surface area contributed by atoms with E-state index in [2.05, 4.69) is 10.6 Å². The molecule has 0 saturated carbocycles. The number of ether oxygens (including phenoxy) is 2. The molecule has 0 spiro atoms. The van der Waals surface area contributed by atoms with E-state index in [0.717, 1.165) is 4.90 Å². The fraction of sp³-hybridized carbons (Fsp3) is 0.263. The second-order valence-electron chi connectivity index (χ2n) is 6.05. The van der Waals surface area contributed by atoms with Gasteiger partial charge in [0.05, 0.1) is 18.0 Å². The lowest BCUT2D eigenvalue weighted by Crippen LogP contribution is -2.31. The minimum absolute atomic E-state index is 0.120. The second kappa shape index (κ2) is 9.43. The molecular weight excluding hydrogens is 385 g/mol. The third-order valence-corrected chi connectivity index (χ3v) is 5.03. The van der Waals surface area contributed by atoms with E-state index in [1.54, 1.807) is 18.2 Å². The molecule has 1 aliphatic rings. The van der Waals surface area contributed by atoms with Crippen molar-refractivity contribution in [1.82, 2.24) is 5.32 Å². The van der Waals surface area contributed by atoms with E-state index in [9.17, 15) is 14.0 Å².